The number of aryl methyl sites for hydroxylation is 1. The molecule has 0 fully saturated rings. The quantitative estimate of drug-likeness (QED) is 0.398. The van der Waals surface area contributed by atoms with Gasteiger partial charge in [0.15, 0.2) is 5.65 Å². The van der Waals surface area contributed by atoms with Crippen LogP contribution in [0.1, 0.15) is 25.1 Å². The molecule has 2 heterocycles. The van der Waals surface area contributed by atoms with Gasteiger partial charge in [-0.05, 0) is 19.8 Å². The van der Waals surface area contributed by atoms with Gasteiger partial charge in [0.2, 0.25) is 0 Å². The number of H-pyrrole nitrogens is 3. The van der Waals surface area contributed by atoms with Crippen molar-refractivity contribution in [2.45, 2.75) is 32.2 Å². The average molecular weight is 327 g/mol. The van der Waals surface area contributed by atoms with Gasteiger partial charge in [-0.3, -0.25) is 24.4 Å². The van der Waals surface area contributed by atoms with Gasteiger partial charge < -0.3 is 20.9 Å². The Morgan fingerprint density at radius 1 is 1.22 bits per heavy atom. The molecule has 0 aliphatic carbocycles. The highest BCUT2D eigenvalue weighted by atomic mass is 16.4. The van der Waals surface area contributed by atoms with Crippen molar-refractivity contribution in [3.05, 3.63) is 26.7 Å². The van der Waals surface area contributed by atoms with Crippen LogP contribution in [0.2, 0.25) is 0 Å². The fourth-order valence-corrected chi connectivity index (χ4v) is 1.65. The zero-order chi connectivity index (χ0) is 17.6. The summed E-state index contributed by atoms with van der Waals surface area (Å²) in [6.07, 6.45) is 0.491. The molecule has 23 heavy (non-hydrogen) atoms. The molecular weight excluding hydrogens is 310 g/mol. The molecule has 7 N–H and O–H groups in total. The van der Waals surface area contributed by atoms with Crippen LogP contribution in [-0.4, -0.2) is 48.1 Å². The van der Waals surface area contributed by atoms with E-state index in [1.807, 2.05) is 0 Å². The summed E-state index contributed by atoms with van der Waals surface area (Å²) < 4.78 is 0. The van der Waals surface area contributed by atoms with Crippen LogP contribution in [0.5, 0.6) is 0 Å². The number of rotatable bonds is 5. The molecular formula is C12H17N5O6. The molecule has 0 saturated heterocycles. The van der Waals surface area contributed by atoms with Crippen LogP contribution in [0.25, 0.3) is 11.2 Å². The van der Waals surface area contributed by atoms with E-state index in [1.54, 1.807) is 6.92 Å². The summed E-state index contributed by atoms with van der Waals surface area (Å²) in [5.41, 5.74) is 4.71. The molecule has 0 spiro atoms. The number of carboxylic acid groups (broad SMARTS) is 2. The lowest BCUT2D eigenvalue weighted by Crippen LogP contribution is -2.29. The van der Waals surface area contributed by atoms with Gasteiger partial charge in [0.1, 0.15) is 17.4 Å². The molecule has 0 radical (unpaired) electrons. The Bertz CT molecular complexity index is 804. The number of hydrogen-bond donors (Lipinski definition) is 6. The average Bonchev–Trinajstić information content (AvgIpc) is 2.79. The zero-order valence-corrected chi connectivity index (χ0v) is 12.3. The molecule has 0 saturated carbocycles. The van der Waals surface area contributed by atoms with E-state index >= 15 is 0 Å². The van der Waals surface area contributed by atoms with Crippen molar-refractivity contribution in [2.75, 3.05) is 0 Å². The predicted octanol–water partition coefficient (Wildman–Crippen LogP) is -1.10. The summed E-state index contributed by atoms with van der Waals surface area (Å²) in [4.78, 5) is 53.0. The summed E-state index contributed by atoms with van der Waals surface area (Å²) in [6, 6.07) is -0.936. The number of nitrogens with two attached hydrogens (primary N) is 1. The van der Waals surface area contributed by atoms with Crippen LogP contribution < -0.4 is 17.0 Å². The SMILES string of the molecule is Cc1nc2[nH]c(=O)[nH]c(=O)c2[nH]1.NC(CCCC(=O)O)C(=O)O. The minimum atomic E-state index is -1.09. The maximum absolute atomic E-state index is 11.1. The second-order valence-electron chi connectivity index (χ2n) is 4.68. The first kappa shape index (κ1) is 18.1. The molecule has 126 valence electrons. The number of aromatic nitrogens is 4. The lowest BCUT2D eigenvalue weighted by Gasteiger charge is -2.02. The van der Waals surface area contributed by atoms with Gasteiger partial charge in [0.05, 0.1) is 0 Å². The molecule has 2 rings (SSSR count). The van der Waals surface area contributed by atoms with Crippen molar-refractivity contribution in [1.29, 1.82) is 0 Å². The van der Waals surface area contributed by atoms with Crippen LogP contribution in [0.15, 0.2) is 9.59 Å². The normalized spacial score (nSPS) is 11.6. The van der Waals surface area contributed by atoms with Crippen molar-refractivity contribution in [3.8, 4) is 0 Å². The first-order chi connectivity index (χ1) is 10.7. The van der Waals surface area contributed by atoms with Gasteiger partial charge in [-0.1, -0.05) is 0 Å². The van der Waals surface area contributed by atoms with Crippen LogP contribution in [-0.2, 0) is 9.59 Å². The maximum atomic E-state index is 11.1. The molecule has 1 unspecified atom stereocenters. The van der Waals surface area contributed by atoms with Crippen molar-refractivity contribution in [3.63, 3.8) is 0 Å². The van der Waals surface area contributed by atoms with Gasteiger partial charge >= 0.3 is 17.6 Å². The summed E-state index contributed by atoms with van der Waals surface area (Å²) >= 11 is 0. The number of carboxylic acids is 2. The maximum Gasteiger partial charge on any atom is 0.327 e. The first-order valence-electron chi connectivity index (χ1n) is 6.59. The van der Waals surface area contributed by atoms with Crippen LogP contribution >= 0.6 is 0 Å². The molecule has 0 aliphatic heterocycles. The summed E-state index contributed by atoms with van der Waals surface area (Å²) in [7, 11) is 0. The fraction of sp³-hybridized carbons (Fsp3) is 0.417. The second kappa shape index (κ2) is 7.89. The minimum Gasteiger partial charge on any atom is -0.481 e. The zero-order valence-electron chi connectivity index (χ0n) is 12.3. The van der Waals surface area contributed by atoms with Gasteiger partial charge in [0, 0.05) is 6.42 Å². The number of nitrogens with zero attached hydrogens (tertiary/aromatic N) is 1. The molecule has 0 aliphatic rings. The number of hydrogen-bond acceptors (Lipinski definition) is 6. The monoisotopic (exact) mass is 327 g/mol. The molecule has 2 aromatic rings. The predicted molar refractivity (Wildman–Crippen MR) is 79.2 cm³/mol. The third-order valence-corrected chi connectivity index (χ3v) is 2.73. The Morgan fingerprint density at radius 2 is 1.87 bits per heavy atom. The van der Waals surface area contributed by atoms with Gasteiger partial charge in [-0.15, -0.1) is 0 Å². The fourth-order valence-electron chi connectivity index (χ4n) is 1.65. The highest BCUT2D eigenvalue weighted by Gasteiger charge is 2.10. The Kier molecular flexibility index (Phi) is 6.21. The number of imidazole rings is 1. The highest BCUT2D eigenvalue weighted by molar-refractivity contribution is 5.73. The van der Waals surface area contributed by atoms with E-state index < -0.39 is 29.2 Å². The van der Waals surface area contributed by atoms with E-state index in [2.05, 4.69) is 19.9 Å². The largest absolute Gasteiger partial charge is 0.481 e. The van der Waals surface area contributed by atoms with Crippen molar-refractivity contribution in [1.82, 2.24) is 19.9 Å². The Hall–Kier alpha value is -2.95. The second-order valence-corrected chi connectivity index (χ2v) is 4.68. The number of carbonyl (C=O) groups is 2. The lowest BCUT2D eigenvalue weighted by molar-refractivity contribution is -0.140. The van der Waals surface area contributed by atoms with E-state index in [1.165, 1.54) is 0 Å². The molecule has 0 aromatic carbocycles. The van der Waals surface area contributed by atoms with Crippen LogP contribution in [0.4, 0.5) is 0 Å². The number of aliphatic carboxylic acids is 2. The third kappa shape index (κ3) is 5.74. The summed E-state index contributed by atoms with van der Waals surface area (Å²) in [6.45, 7) is 1.71. The van der Waals surface area contributed by atoms with Crippen LogP contribution in [0.3, 0.4) is 0 Å². The Morgan fingerprint density at radius 3 is 2.43 bits per heavy atom. The van der Waals surface area contributed by atoms with E-state index in [-0.39, 0.29) is 12.8 Å². The Balaban J connectivity index is 0.000000232. The topological polar surface area (TPSA) is 195 Å². The van der Waals surface area contributed by atoms with Crippen molar-refractivity contribution in [2.24, 2.45) is 5.73 Å². The molecule has 0 amide bonds. The van der Waals surface area contributed by atoms with Crippen LogP contribution in [0, 0.1) is 6.92 Å². The first-order valence-corrected chi connectivity index (χ1v) is 6.59. The van der Waals surface area contributed by atoms with Gasteiger partial charge in [-0.25, -0.2) is 9.78 Å². The molecule has 1 atom stereocenters. The highest BCUT2D eigenvalue weighted by Crippen LogP contribution is 1.99. The number of aromatic amines is 3. The number of fused-ring (bicyclic) bond motifs is 1. The van der Waals surface area contributed by atoms with Gasteiger partial charge in [-0.2, -0.15) is 0 Å². The van der Waals surface area contributed by atoms with Crippen molar-refractivity contribution >= 4 is 23.1 Å². The molecule has 11 nitrogen and oxygen atoms in total. The van der Waals surface area contributed by atoms with Crippen molar-refractivity contribution < 1.29 is 19.8 Å². The van der Waals surface area contributed by atoms with E-state index in [4.69, 9.17) is 15.9 Å². The molecule has 2 aromatic heterocycles. The Labute approximate surface area is 128 Å². The number of nitrogens with one attached hydrogen (secondary N) is 3. The molecule has 0 bridgehead atoms. The minimum absolute atomic E-state index is 0.0268. The smallest absolute Gasteiger partial charge is 0.327 e. The van der Waals surface area contributed by atoms with Gasteiger partial charge in [0.25, 0.3) is 5.56 Å². The third-order valence-electron chi connectivity index (χ3n) is 2.73. The molecule has 11 heteroatoms. The van der Waals surface area contributed by atoms with E-state index in [0.29, 0.717) is 23.4 Å². The standard InChI is InChI=1S/C6H6N4O2.C6H11NO4/c1-2-7-3-4(8-2)9-6(12)10-5(3)11;7-4(6(10)11)2-1-3-5(8)9/h1H3,(H3,7,8,9,10,11,12);4H,1-3,7H2,(H,8,9)(H,10,11). The van der Waals surface area contributed by atoms with E-state index in [0.717, 1.165) is 0 Å². The van der Waals surface area contributed by atoms with E-state index in [9.17, 15) is 19.2 Å². The summed E-state index contributed by atoms with van der Waals surface area (Å²) in [5.74, 6) is -1.42. The lowest BCUT2D eigenvalue weighted by atomic mass is 10.1. The summed E-state index contributed by atoms with van der Waals surface area (Å²) in [5, 5.41) is 16.5.